The van der Waals surface area contributed by atoms with Gasteiger partial charge in [-0.15, -0.1) is 0 Å². The molecule has 0 amide bonds. The normalized spacial score (nSPS) is 16.8. The molecule has 0 bridgehead atoms. The molecule has 2 N–H and O–H groups in total. The van der Waals surface area contributed by atoms with Gasteiger partial charge in [-0.2, -0.15) is 0 Å². The van der Waals surface area contributed by atoms with Crippen LogP contribution in [-0.4, -0.2) is 64.9 Å². The highest BCUT2D eigenvalue weighted by molar-refractivity contribution is 5.80. The second-order valence-corrected chi connectivity index (χ2v) is 7.69. The standard InChI is InChI=1S/C24H34N4O3/c1-25-24(26-10-8-18-6-5-7-21(12-18)29-2)27-20-9-11-28(17-20)16-19-13-22(30-3)15-23(14-19)31-4/h5-7,12-15,20H,8-11,16-17H2,1-4H3,(H2,25,26,27). The van der Waals surface area contributed by atoms with E-state index in [1.54, 1.807) is 21.3 Å². The molecule has 168 valence electrons. The summed E-state index contributed by atoms with van der Waals surface area (Å²) in [6.07, 6.45) is 1.99. The van der Waals surface area contributed by atoms with Crippen molar-refractivity contribution in [3.63, 3.8) is 0 Å². The molecule has 1 unspecified atom stereocenters. The van der Waals surface area contributed by atoms with Crippen LogP contribution in [0.25, 0.3) is 0 Å². The van der Waals surface area contributed by atoms with Gasteiger partial charge in [0.2, 0.25) is 0 Å². The third kappa shape index (κ3) is 6.79. The maximum atomic E-state index is 5.39. The van der Waals surface area contributed by atoms with E-state index in [0.717, 1.165) is 62.2 Å². The molecule has 0 aromatic heterocycles. The van der Waals surface area contributed by atoms with Crippen molar-refractivity contribution in [3.05, 3.63) is 53.6 Å². The van der Waals surface area contributed by atoms with Crippen LogP contribution in [0.5, 0.6) is 17.2 Å². The first-order valence-corrected chi connectivity index (χ1v) is 10.7. The molecule has 31 heavy (non-hydrogen) atoms. The smallest absolute Gasteiger partial charge is 0.191 e. The first kappa shape index (κ1) is 22.7. The molecule has 0 spiro atoms. The number of nitrogens with one attached hydrogen (secondary N) is 2. The van der Waals surface area contributed by atoms with Crippen LogP contribution in [0.2, 0.25) is 0 Å². The second kappa shape index (κ2) is 11.5. The molecule has 2 aromatic carbocycles. The topological polar surface area (TPSA) is 67.4 Å². The summed E-state index contributed by atoms with van der Waals surface area (Å²) in [5, 5.41) is 6.98. The highest BCUT2D eigenvalue weighted by Crippen LogP contribution is 2.24. The van der Waals surface area contributed by atoms with Crippen LogP contribution < -0.4 is 24.8 Å². The summed E-state index contributed by atoms with van der Waals surface area (Å²) in [4.78, 5) is 6.83. The fourth-order valence-electron chi connectivity index (χ4n) is 3.85. The molecule has 3 rings (SSSR count). The van der Waals surface area contributed by atoms with E-state index >= 15 is 0 Å². The van der Waals surface area contributed by atoms with Gasteiger partial charge in [-0.3, -0.25) is 9.89 Å². The number of aliphatic imine (C=N–C) groups is 1. The number of hydrogen-bond donors (Lipinski definition) is 2. The van der Waals surface area contributed by atoms with E-state index in [4.69, 9.17) is 14.2 Å². The summed E-state index contributed by atoms with van der Waals surface area (Å²) in [6, 6.07) is 14.6. The number of hydrogen-bond acceptors (Lipinski definition) is 5. The molecule has 1 atom stereocenters. The number of benzene rings is 2. The number of guanidine groups is 1. The van der Waals surface area contributed by atoms with Gasteiger partial charge < -0.3 is 24.8 Å². The Labute approximate surface area is 185 Å². The molecule has 1 aliphatic heterocycles. The van der Waals surface area contributed by atoms with Crippen molar-refractivity contribution >= 4 is 5.96 Å². The van der Waals surface area contributed by atoms with Gasteiger partial charge in [-0.1, -0.05) is 12.1 Å². The van der Waals surface area contributed by atoms with Crippen LogP contribution in [-0.2, 0) is 13.0 Å². The third-order valence-electron chi connectivity index (χ3n) is 5.49. The van der Waals surface area contributed by atoms with Crippen molar-refractivity contribution in [2.24, 2.45) is 4.99 Å². The van der Waals surface area contributed by atoms with Gasteiger partial charge in [0.1, 0.15) is 17.2 Å². The average molecular weight is 427 g/mol. The monoisotopic (exact) mass is 426 g/mol. The van der Waals surface area contributed by atoms with E-state index in [1.807, 2.05) is 25.2 Å². The van der Waals surface area contributed by atoms with Crippen molar-refractivity contribution in [2.45, 2.75) is 25.4 Å². The van der Waals surface area contributed by atoms with Crippen molar-refractivity contribution < 1.29 is 14.2 Å². The van der Waals surface area contributed by atoms with Crippen molar-refractivity contribution in [2.75, 3.05) is 48.0 Å². The maximum absolute atomic E-state index is 5.39. The molecular weight excluding hydrogens is 392 g/mol. The summed E-state index contributed by atoms with van der Waals surface area (Å²) < 4.78 is 16.1. The van der Waals surface area contributed by atoms with Crippen molar-refractivity contribution in [1.82, 2.24) is 15.5 Å². The van der Waals surface area contributed by atoms with Crippen molar-refractivity contribution in [3.8, 4) is 17.2 Å². The zero-order chi connectivity index (χ0) is 22.1. The van der Waals surface area contributed by atoms with Crippen LogP contribution in [0.4, 0.5) is 0 Å². The fraction of sp³-hybridized carbons (Fsp3) is 0.458. The third-order valence-corrected chi connectivity index (χ3v) is 5.49. The van der Waals surface area contributed by atoms with Crippen LogP contribution >= 0.6 is 0 Å². The van der Waals surface area contributed by atoms with Gasteiger partial charge in [-0.25, -0.2) is 0 Å². The number of ether oxygens (including phenoxy) is 3. The number of rotatable bonds is 9. The molecule has 0 aliphatic carbocycles. The fourth-order valence-corrected chi connectivity index (χ4v) is 3.85. The van der Waals surface area contributed by atoms with Gasteiger partial charge in [-0.05, 0) is 48.2 Å². The molecule has 2 aromatic rings. The Balaban J connectivity index is 1.46. The predicted octanol–water partition coefficient (Wildman–Crippen LogP) is 2.69. The van der Waals surface area contributed by atoms with Gasteiger partial charge in [0, 0.05) is 45.3 Å². The Bertz CT molecular complexity index is 849. The van der Waals surface area contributed by atoms with E-state index in [1.165, 1.54) is 11.1 Å². The van der Waals surface area contributed by atoms with Crippen molar-refractivity contribution in [1.29, 1.82) is 0 Å². The SMILES string of the molecule is CN=C(NCCc1cccc(OC)c1)NC1CCN(Cc2cc(OC)cc(OC)c2)C1. The quantitative estimate of drug-likeness (QED) is 0.475. The molecule has 7 nitrogen and oxygen atoms in total. The Morgan fingerprint density at radius 2 is 1.71 bits per heavy atom. The lowest BCUT2D eigenvalue weighted by atomic mass is 10.1. The Kier molecular flexibility index (Phi) is 8.41. The lowest BCUT2D eigenvalue weighted by Gasteiger charge is -2.19. The highest BCUT2D eigenvalue weighted by atomic mass is 16.5. The van der Waals surface area contributed by atoms with Crippen LogP contribution in [0.1, 0.15) is 17.5 Å². The molecule has 1 saturated heterocycles. The number of likely N-dealkylation sites (tertiary alicyclic amines) is 1. The van der Waals surface area contributed by atoms with Crippen LogP contribution in [0, 0.1) is 0 Å². The minimum Gasteiger partial charge on any atom is -0.497 e. The Morgan fingerprint density at radius 3 is 2.39 bits per heavy atom. The first-order valence-electron chi connectivity index (χ1n) is 10.7. The summed E-state index contributed by atoms with van der Waals surface area (Å²) in [7, 11) is 6.87. The lowest BCUT2D eigenvalue weighted by Crippen LogP contribution is -2.45. The second-order valence-electron chi connectivity index (χ2n) is 7.69. The van der Waals surface area contributed by atoms with E-state index in [-0.39, 0.29) is 0 Å². The van der Waals surface area contributed by atoms with Crippen LogP contribution in [0.15, 0.2) is 47.5 Å². The van der Waals surface area contributed by atoms with Crippen LogP contribution in [0.3, 0.4) is 0 Å². The molecular formula is C24H34N4O3. The Morgan fingerprint density at radius 1 is 1.00 bits per heavy atom. The number of nitrogens with zero attached hydrogens (tertiary/aromatic N) is 2. The molecule has 0 saturated carbocycles. The molecule has 1 heterocycles. The van der Waals surface area contributed by atoms with E-state index in [0.29, 0.717) is 6.04 Å². The average Bonchev–Trinajstić information content (AvgIpc) is 3.24. The maximum Gasteiger partial charge on any atom is 0.191 e. The van der Waals surface area contributed by atoms with Gasteiger partial charge in [0.15, 0.2) is 5.96 Å². The number of methoxy groups -OCH3 is 3. The molecule has 1 fully saturated rings. The Hall–Kier alpha value is -2.93. The summed E-state index contributed by atoms with van der Waals surface area (Å²) in [5.74, 6) is 3.38. The zero-order valence-electron chi connectivity index (χ0n) is 19.0. The summed E-state index contributed by atoms with van der Waals surface area (Å²) in [5.41, 5.74) is 2.43. The highest BCUT2D eigenvalue weighted by Gasteiger charge is 2.23. The lowest BCUT2D eigenvalue weighted by molar-refractivity contribution is 0.321. The van der Waals surface area contributed by atoms with Gasteiger partial charge >= 0.3 is 0 Å². The predicted molar refractivity (Wildman–Crippen MR) is 124 cm³/mol. The zero-order valence-corrected chi connectivity index (χ0v) is 19.0. The minimum absolute atomic E-state index is 0.371. The minimum atomic E-state index is 0.371. The molecule has 0 radical (unpaired) electrons. The van der Waals surface area contributed by atoms with Gasteiger partial charge in [0.25, 0.3) is 0 Å². The molecule has 1 aliphatic rings. The van der Waals surface area contributed by atoms with E-state index in [9.17, 15) is 0 Å². The summed E-state index contributed by atoms with van der Waals surface area (Å²) in [6.45, 7) is 3.69. The van der Waals surface area contributed by atoms with E-state index < -0.39 is 0 Å². The summed E-state index contributed by atoms with van der Waals surface area (Å²) >= 11 is 0. The largest absolute Gasteiger partial charge is 0.497 e. The first-order chi connectivity index (χ1) is 15.1. The van der Waals surface area contributed by atoms with E-state index in [2.05, 4.69) is 44.8 Å². The molecule has 7 heteroatoms. The van der Waals surface area contributed by atoms with Gasteiger partial charge in [0.05, 0.1) is 21.3 Å².